The van der Waals surface area contributed by atoms with Crippen LogP contribution < -0.4 is 11.1 Å². The highest BCUT2D eigenvalue weighted by Crippen LogP contribution is 2.08. The number of nitrogens with one attached hydrogen (secondary N) is 1. The zero-order valence-electron chi connectivity index (χ0n) is 14.8. The highest BCUT2D eigenvalue weighted by atomic mass is 16.4. The number of carbonyl (C=O) groups is 3. The van der Waals surface area contributed by atoms with Crippen molar-refractivity contribution in [2.24, 2.45) is 5.73 Å². The standard InChI is InChI=1S/C18H32N2O4/c1-2-3-4-5-6-7-8-9-10-11-12-13-17(22)20-15(18(23)24)14-16(19)21/h5-6,15H,2-4,7-14H2,1H3,(H2,19,21)(H,20,22)(H,23,24)/b6-5-/t15-/m0/s1. The van der Waals surface area contributed by atoms with Gasteiger partial charge in [0.1, 0.15) is 6.04 Å². The van der Waals surface area contributed by atoms with E-state index in [2.05, 4.69) is 24.4 Å². The van der Waals surface area contributed by atoms with Gasteiger partial charge in [0.2, 0.25) is 11.8 Å². The molecule has 0 fully saturated rings. The molecular weight excluding hydrogens is 308 g/mol. The first-order valence-corrected chi connectivity index (χ1v) is 8.92. The lowest BCUT2D eigenvalue weighted by atomic mass is 10.1. The molecule has 0 aliphatic carbocycles. The molecule has 138 valence electrons. The number of amides is 2. The van der Waals surface area contributed by atoms with Crippen LogP contribution >= 0.6 is 0 Å². The highest BCUT2D eigenvalue weighted by molar-refractivity contribution is 5.88. The molecule has 6 nitrogen and oxygen atoms in total. The highest BCUT2D eigenvalue weighted by Gasteiger charge is 2.21. The summed E-state index contributed by atoms with van der Waals surface area (Å²) in [5, 5.41) is 11.2. The van der Waals surface area contributed by atoms with E-state index < -0.39 is 17.9 Å². The Hall–Kier alpha value is -1.85. The van der Waals surface area contributed by atoms with Gasteiger partial charge < -0.3 is 16.2 Å². The Labute approximate surface area is 144 Å². The van der Waals surface area contributed by atoms with Gasteiger partial charge in [-0.05, 0) is 25.7 Å². The number of hydrogen-bond donors (Lipinski definition) is 3. The van der Waals surface area contributed by atoms with Gasteiger partial charge in [-0.2, -0.15) is 0 Å². The second-order valence-electron chi connectivity index (χ2n) is 6.05. The summed E-state index contributed by atoms with van der Waals surface area (Å²) in [6.07, 6.45) is 14.2. The molecule has 0 aromatic rings. The fourth-order valence-electron chi connectivity index (χ4n) is 2.30. The van der Waals surface area contributed by atoms with Crippen LogP contribution in [-0.4, -0.2) is 28.9 Å². The zero-order valence-corrected chi connectivity index (χ0v) is 14.8. The third-order valence-corrected chi connectivity index (χ3v) is 3.70. The van der Waals surface area contributed by atoms with Crippen molar-refractivity contribution in [1.82, 2.24) is 5.32 Å². The predicted molar refractivity (Wildman–Crippen MR) is 94.4 cm³/mol. The summed E-state index contributed by atoms with van der Waals surface area (Å²) in [7, 11) is 0. The average molecular weight is 340 g/mol. The normalized spacial score (nSPS) is 12.2. The summed E-state index contributed by atoms with van der Waals surface area (Å²) in [6, 6.07) is -1.23. The van der Waals surface area contributed by atoms with Crippen molar-refractivity contribution in [2.75, 3.05) is 0 Å². The van der Waals surface area contributed by atoms with E-state index in [1.165, 1.54) is 19.3 Å². The molecule has 1 atom stereocenters. The number of rotatable bonds is 15. The monoisotopic (exact) mass is 340 g/mol. The van der Waals surface area contributed by atoms with Crippen molar-refractivity contribution in [2.45, 2.75) is 83.6 Å². The summed E-state index contributed by atoms with van der Waals surface area (Å²) in [6.45, 7) is 2.19. The number of hydrogen-bond acceptors (Lipinski definition) is 3. The van der Waals surface area contributed by atoms with Gasteiger partial charge in [0.25, 0.3) is 0 Å². The molecule has 0 spiro atoms. The molecule has 0 saturated heterocycles. The Morgan fingerprint density at radius 2 is 1.58 bits per heavy atom. The summed E-state index contributed by atoms with van der Waals surface area (Å²) in [5.41, 5.74) is 4.96. The number of unbranched alkanes of at least 4 members (excludes halogenated alkanes) is 7. The van der Waals surface area contributed by atoms with E-state index in [4.69, 9.17) is 10.8 Å². The minimum absolute atomic E-state index is 0.277. The number of carboxylic acids is 1. The molecule has 0 aliphatic rings. The molecule has 0 aliphatic heterocycles. The number of nitrogens with two attached hydrogens (primary N) is 1. The van der Waals surface area contributed by atoms with Gasteiger partial charge in [0.15, 0.2) is 0 Å². The number of aliphatic carboxylic acids is 1. The lowest BCUT2D eigenvalue weighted by Gasteiger charge is -2.12. The van der Waals surface area contributed by atoms with Crippen molar-refractivity contribution in [3.05, 3.63) is 12.2 Å². The van der Waals surface area contributed by atoms with Gasteiger partial charge in [-0.25, -0.2) is 4.79 Å². The van der Waals surface area contributed by atoms with Crippen LogP contribution in [-0.2, 0) is 14.4 Å². The van der Waals surface area contributed by atoms with E-state index in [1.54, 1.807) is 0 Å². The SMILES string of the molecule is CCCC/C=C\CCCCCCCC(=O)N[C@@H](CC(N)=O)C(=O)O. The Balaban J connectivity index is 3.62. The van der Waals surface area contributed by atoms with E-state index in [1.807, 2.05) is 0 Å². The fourth-order valence-corrected chi connectivity index (χ4v) is 2.30. The van der Waals surface area contributed by atoms with Crippen LogP contribution in [0.1, 0.15) is 77.6 Å². The van der Waals surface area contributed by atoms with Crippen molar-refractivity contribution in [3.8, 4) is 0 Å². The summed E-state index contributed by atoms with van der Waals surface area (Å²) in [5.74, 6) is -2.33. The Kier molecular flexibility index (Phi) is 13.6. The van der Waals surface area contributed by atoms with E-state index >= 15 is 0 Å². The fraction of sp³-hybridized carbons (Fsp3) is 0.722. The molecule has 0 aromatic carbocycles. The predicted octanol–water partition coefficient (Wildman–Crippen LogP) is 2.91. The molecule has 0 bridgehead atoms. The Bertz CT molecular complexity index is 408. The van der Waals surface area contributed by atoms with Crippen LogP contribution in [0.2, 0.25) is 0 Å². The van der Waals surface area contributed by atoms with E-state index in [9.17, 15) is 14.4 Å². The van der Waals surface area contributed by atoms with Gasteiger partial charge in [0.05, 0.1) is 6.42 Å². The average Bonchev–Trinajstić information content (AvgIpc) is 2.51. The topological polar surface area (TPSA) is 109 Å². The molecule has 6 heteroatoms. The van der Waals surface area contributed by atoms with Crippen molar-refractivity contribution < 1.29 is 19.5 Å². The van der Waals surface area contributed by atoms with Crippen molar-refractivity contribution in [1.29, 1.82) is 0 Å². The van der Waals surface area contributed by atoms with E-state index in [0.717, 1.165) is 38.5 Å². The van der Waals surface area contributed by atoms with Crippen LogP contribution in [0, 0.1) is 0 Å². The van der Waals surface area contributed by atoms with E-state index in [-0.39, 0.29) is 18.7 Å². The molecule has 24 heavy (non-hydrogen) atoms. The molecule has 4 N–H and O–H groups in total. The first-order chi connectivity index (χ1) is 11.5. The summed E-state index contributed by atoms with van der Waals surface area (Å²) >= 11 is 0. The maximum absolute atomic E-state index is 11.7. The molecule has 0 aromatic heterocycles. The maximum atomic E-state index is 11.7. The number of carboxylic acid groups (broad SMARTS) is 1. The quantitative estimate of drug-likeness (QED) is 0.314. The number of primary amides is 1. The van der Waals surface area contributed by atoms with Gasteiger partial charge in [0, 0.05) is 6.42 Å². The van der Waals surface area contributed by atoms with Gasteiger partial charge in [-0.3, -0.25) is 9.59 Å². The first-order valence-electron chi connectivity index (χ1n) is 8.92. The molecule has 0 heterocycles. The Morgan fingerprint density at radius 3 is 2.17 bits per heavy atom. The molecule has 0 unspecified atom stereocenters. The van der Waals surface area contributed by atoms with Gasteiger partial charge in [-0.1, -0.05) is 51.2 Å². The minimum atomic E-state index is -1.24. The maximum Gasteiger partial charge on any atom is 0.326 e. The Morgan fingerprint density at radius 1 is 1.00 bits per heavy atom. The van der Waals surface area contributed by atoms with E-state index in [0.29, 0.717) is 0 Å². The second-order valence-corrected chi connectivity index (χ2v) is 6.05. The smallest absolute Gasteiger partial charge is 0.326 e. The van der Waals surface area contributed by atoms with Gasteiger partial charge >= 0.3 is 5.97 Å². The van der Waals surface area contributed by atoms with Crippen LogP contribution in [0.25, 0.3) is 0 Å². The number of carbonyl (C=O) groups excluding carboxylic acids is 2. The third-order valence-electron chi connectivity index (χ3n) is 3.70. The van der Waals surface area contributed by atoms with Crippen LogP contribution in [0.4, 0.5) is 0 Å². The minimum Gasteiger partial charge on any atom is -0.480 e. The second kappa shape index (κ2) is 14.7. The third kappa shape index (κ3) is 13.8. The summed E-state index contributed by atoms with van der Waals surface area (Å²) < 4.78 is 0. The van der Waals surface area contributed by atoms with Gasteiger partial charge in [-0.15, -0.1) is 0 Å². The van der Waals surface area contributed by atoms with Crippen molar-refractivity contribution >= 4 is 17.8 Å². The van der Waals surface area contributed by atoms with Crippen LogP contribution in [0.5, 0.6) is 0 Å². The zero-order chi connectivity index (χ0) is 18.2. The summed E-state index contributed by atoms with van der Waals surface area (Å²) in [4.78, 5) is 33.3. The molecule has 2 amide bonds. The number of allylic oxidation sites excluding steroid dienone is 2. The first kappa shape index (κ1) is 22.1. The van der Waals surface area contributed by atoms with Crippen LogP contribution in [0.15, 0.2) is 12.2 Å². The molecular formula is C18H32N2O4. The largest absolute Gasteiger partial charge is 0.480 e. The molecule has 0 saturated carbocycles. The van der Waals surface area contributed by atoms with Crippen molar-refractivity contribution in [3.63, 3.8) is 0 Å². The molecule has 0 radical (unpaired) electrons. The lowest BCUT2D eigenvalue weighted by molar-refractivity contribution is -0.143. The van der Waals surface area contributed by atoms with Crippen LogP contribution in [0.3, 0.4) is 0 Å². The lowest BCUT2D eigenvalue weighted by Crippen LogP contribution is -2.43. The molecule has 0 rings (SSSR count).